The highest BCUT2D eigenvalue weighted by atomic mass is 16.3. The van der Waals surface area contributed by atoms with Crippen molar-refractivity contribution in [3.8, 4) is 0 Å². The lowest BCUT2D eigenvalue weighted by molar-refractivity contribution is 0.0758. The van der Waals surface area contributed by atoms with Gasteiger partial charge in [-0.25, -0.2) is 4.98 Å². The summed E-state index contributed by atoms with van der Waals surface area (Å²) < 4.78 is 5.47. The first kappa shape index (κ1) is 13.6. The lowest BCUT2D eigenvalue weighted by Gasteiger charge is -2.37. The van der Waals surface area contributed by atoms with Crippen LogP contribution in [0.5, 0.6) is 0 Å². The van der Waals surface area contributed by atoms with Crippen LogP contribution in [0.15, 0.2) is 10.8 Å². The van der Waals surface area contributed by atoms with Crippen molar-refractivity contribution in [1.82, 2.24) is 9.88 Å². The van der Waals surface area contributed by atoms with E-state index in [9.17, 15) is 5.11 Å². The number of nitrogens with zero attached hydrogens (tertiary/aromatic N) is 2. The van der Waals surface area contributed by atoms with E-state index < -0.39 is 0 Å². The Bertz CT molecular complexity index is 376. The number of hydrogen-bond donors (Lipinski definition) is 1. The van der Waals surface area contributed by atoms with Crippen LogP contribution in [-0.4, -0.2) is 34.2 Å². The Morgan fingerprint density at radius 3 is 2.94 bits per heavy atom. The third-order valence-corrected chi connectivity index (χ3v) is 3.92. The Labute approximate surface area is 109 Å². The number of rotatable bonds is 4. The van der Waals surface area contributed by atoms with Gasteiger partial charge >= 0.3 is 0 Å². The van der Waals surface area contributed by atoms with Crippen LogP contribution in [0.4, 0.5) is 0 Å². The molecule has 4 nitrogen and oxygen atoms in total. The van der Waals surface area contributed by atoms with Crippen LogP contribution in [0.1, 0.15) is 51.0 Å². The van der Waals surface area contributed by atoms with Gasteiger partial charge in [0.1, 0.15) is 5.76 Å². The summed E-state index contributed by atoms with van der Waals surface area (Å²) in [6, 6.07) is 0.560. The molecule has 102 valence electrons. The van der Waals surface area contributed by atoms with E-state index in [4.69, 9.17) is 4.42 Å². The molecule has 1 aliphatic heterocycles. The first-order valence-corrected chi connectivity index (χ1v) is 6.89. The zero-order valence-electron chi connectivity index (χ0n) is 11.6. The molecule has 2 rings (SSSR count). The lowest BCUT2D eigenvalue weighted by Crippen LogP contribution is -2.42. The maximum Gasteiger partial charge on any atom is 0.181 e. The average molecular weight is 252 g/mol. The van der Waals surface area contributed by atoms with Gasteiger partial charge in [-0.3, -0.25) is 4.90 Å². The fraction of sp³-hybridized carbons (Fsp3) is 0.786. The lowest BCUT2D eigenvalue weighted by atomic mass is 9.94. The van der Waals surface area contributed by atoms with Crippen molar-refractivity contribution in [2.24, 2.45) is 5.92 Å². The second-order valence-electron chi connectivity index (χ2n) is 5.72. The number of oxazole rings is 1. The molecule has 2 unspecified atom stereocenters. The number of aliphatic hydroxyl groups excluding tert-OH is 1. The Balaban J connectivity index is 2.05. The average Bonchev–Trinajstić information content (AvgIpc) is 2.80. The molecule has 18 heavy (non-hydrogen) atoms. The molecule has 1 aliphatic rings. The van der Waals surface area contributed by atoms with E-state index in [0.29, 0.717) is 24.5 Å². The molecule has 2 heterocycles. The first-order valence-electron chi connectivity index (χ1n) is 6.89. The number of likely N-dealkylation sites (tertiary alicyclic amines) is 1. The van der Waals surface area contributed by atoms with Crippen molar-refractivity contribution < 1.29 is 9.52 Å². The van der Waals surface area contributed by atoms with E-state index in [0.717, 1.165) is 37.4 Å². The molecular weight excluding hydrogens is 228 g/mol. The third-order valence-electron chi connectivity index (χ3n) is 3.92. The molecule has 1 fully saturated rings. The molecule has 4 heteroatoms. The van der Waals surface area contributed by atoms with Gasteiger partial charge in [0.15, 0.2) is 6.39 Å². The van der Waals surface area contributed by atoms with Crippen LogP contribution in [-0.2, 0) is 6.54 Å². The van der Waals surface area contributed by atoms with E-state index in [1.54, 1.807) is 6.39 Å². The molecular formula is C14H24N2O2. The summed E-state index contributed by atoms with van der Waals surface area (Å²) in [6.45, 7) is 8.59. The van der Waals surface area contributed by atoms with Gasteiger partial charge in [-0.2, -0.15) is 0 Å². The molecule has 1 aromatic heterocycles. The smallest absolute Gasteiger partial charge is 0.181 e. The zero-order chi connectivity index (χ0) is 13.1. The van der Waals surface area contributed by atoms with Crippen molar-refractivity contribution in [2.45, 2.75) is 52.1 Å². The molecule has 1 saturated heterocycles. The van der Waals surface area contributed by atoms with Crippen LogP contribution in [0, 0.1) is 5.92 Å². The van der Waals surface area contributed by atoms with E-state index in [1.165, 1.54) is 0 Å². The quantitative estimate of drug-likeness (QED) is 0.894. The number of hydrogen-bond acceptors (Lipinski definition) is 4. The Morgan fingerprint density at radius 2 is 2.28 bits per heavy atom. The number of aliphatic hydroxyl groups is 1. The van der Waals surface area contributed by atoms with E-state index >= 15 is 0 Å². The van der Waals surface area contributed by atoms with Gasteiger partial charge in [-0.1, -0.05) is 13.8 Å². The van der Waals surface area contributed by atoms with Gasteiger partial charge in [0.05, 0.1) is 5.69 Å². The highest BCUT2D eigenvalue weighted by Crippen LogP contribution is 2.25. The minimum Gasteiger partial charge on any atom is -0.448 e. The predicted octanol–water partition coefficient (Wildman–Crippen LogP) is 2.39. The second kappa shape index (κ2) is 5.85. The molecule has 1 aromatic rings. The van der Waals surface area contributed by atoms with Crippen molar-refractivity contribution in [1.29, 1.82) is 0 Å². The van der Waals surface area contributed by atoms with E-state index in [1.807, 2.05) is 0 Å². The largest absolute Gasteiger partial charge is 0.448 e. The van der Waals surface area contributed by atoms with Gasteiger partial charge in [0, 0.05) is 31.7 Å². The maximum absolute atomic E-state index is 9.30. The first-order chi connectivity index (χ1) is 8.61. The Hall–Kier alpha value is -0.870. The minimum absolute atomic E-state index is 0.291. The molecule has 1 N–H and O–H groups in total. The number of piperidine rings is 1. The van der Waals surface area contributed by atoms with Gasteiger partial charge in [0.2, 0.25) is 0 Å². The summed E-state index contributed by atoms with van der Waals surface area (Å²) in [5, 5.41) is 9.30. The third kappa shape index (κ3) is 2.93. The summed E-state index contributed by atoms with van der Waals surface area (Å²) in [5.41, 5.74) is 1.05. The van der Waals surface area contributed by atoms with Crippen molar-refractivity contribution >= 4 is 0 Å². The molecule has 0 bridgehead atoms. The van der Waals surface area contributed by atoms with Crippen LogP contribution < -0.4 is 0 Å². The van der Waals surface area contributed by atoms with Gasteiger partial charge < -0.3 is 9.52 Å². The summed E-state index contributed by atoms with van der Waals surface area (Å²) in [7, 11) is 0. The Morgan fingerprint density at radius 1 is 1.50 bits per heavy atom. The van der Waals surface area contributed by atoms with Crippen molar-refractivity contribution in [3.63, 3.8) is 0 Å². The second-order valence-corrected chi connectivity index (χ2v) is 5.72. The summed E-state index contributed by atoms with van der Waals surface area (Å²) in [4.78, 5) is 6.76. The normalized spacial score (nSPS) is 25.8. The fourth-order valence-corrected chi connectivity index (χ4v) is 2.69. The molecule has 0 amide bonds. The Kier molecular flexibility index (Phi) is 4.40. The van der Waals surface area contributed by atoms with E-state index in [2.05, 4.69) is 30.7 Å². The molecule has 0 aromatic carbocycles. The van der Waals surface area contributed by atoms with Crippen LogP contribution in [0.3, 0.4) is 0 Å². The predicted molar refractivity (Wildman–Crippen MR) is 70.3 cm³/mol. The standard InChI is InChI=1S/C14H24N2O2/c1-10(2)14-13(15-9-18-14)7-16-6-12(8-17)5-4-11(16)3/h9-12,17H,4-8H2,1-3H3. The van der Waals surface area contributed by atoms with Crippen LogP contribution in [0.25, 0.3) is 0 Å². The topological polar surface area (TPSA) is 49.5 Å². The van der Waals surface area contributed by atoms with Crippen LogP contribution >= 0.6 is 0 Å². The van der Waals surface area contributed by atoms with E-state index in [-0.39, 0.29) is 0 Å². The monoisotopic (exact) mass is 252 g/mol. The van der Waals surface area contributed by atoms with Crippen molar-refractivity contribution in [2.75, 3.05) is 13.2 Å². The fourth-order valence-electron chi connectivity index (χ4n) is 2.69. The highest BCUT2D eigenvalue weighted by Gasteiger charge is 2.26. The SMILES string of the molecule is CC(C)c1ocnc1CN1CC(CO)CCC1C. The van der Waals surface area contributed by atoms with Crippen molar-refractivity contribution in [3.05, 3.63) is 17.8 Å². The zero-order valence-corrected chi connectivity index (χ0v) is 11.6. The number of aromatic nitrogens is 1. The molecule has 0 spiro atoms. The van der Waals surface area contributed by atoms with Gasteiger partial charge in [0.25, 0.3) is 0 Å². The summed E-state index contributed by atoms with van der Waals surface area (Å²) >= 11 is 0. The van der Waals surface area contributed by atoms with Crippen LogP contribution in [0.2, 0.25) is 0 Å². The molecule has 0 radical (unpaired) electrons. The maximum atomic E-state index is 9.30. The van der Waals surface area contributed by atoms with Gasteiger partial charge in [-0.15, -0.1) is 0 Å². The van der Waals surface area contributed by atoms with Gasteiger partial charge in [-0.05, 0) is 25.7 Å². The molecule has 0 saturated carbocycles. The highest BCUT2D eigenvalue weighted by molar-refractivity contribution is 5.11. The summed E-state index contributed by atoms with van der Waals surface area (Å²) in [5.74, 6) is 1.78. The molecule has 2 atom stereocenters. The minimum atomic E-state index is 0.291. The molecule has 0 aliphatic carbocycles. The summed E-state index contributed by atoms with van der Waals surface area (Å²) in [6.07, 6.45) is 3.83.